The van der Waals surface area contributed by atoms with Crippen LogP contribution in [0.25, 0.3) is 0 Å². The molecule has 1 saturated carbocycles. The van der Waals surface area contributed by atoms with Crippen LogP contribution in [0, 0.1) is 11.3 Å². The third-order valence-electron chi connectivity index (χ3n) is 4.28. The lowest BCUT2D eigenvalue weighted by atomic mass is 9.68. The Balaban J connectivity index is 1.79. The summed E-state index contributed by atoms with van der Waals surface area (Å²) < 4.78 is 0. The van der Waals surface area contributed by atoms with Crippen LogP contribution in [-0.2, 0) is 0 Å². The highest BCUT2D eigenvalue weighted by Gasteiger charge is 2.37. The molecule has 2 heteroatoms. The van der Waals surface area contributed by atoms with Crippen LogP contribution in [0.15, 0.2) is 0 Å². The van der Waals surface area contributed by atoms with Crippen molar-refractivity contribution in [2.45, 2.75) is 39.0 Å². The topological polar surface area (TPSA) is 29.3 Å². The van der Waals surface area contributed by atoms with Crippen LogP contribution in [0.2, 0.25) is 0 Å². The summed E-state index contributed by atoms with van der Waals surface area (Å²) in [5, 5.41) is 0. The van der Waals surface area contributed by atoms with Gasteiger partial charge in [-0.25, -0.2) is 0 Å². The molecule has 2 aliphatic rings. The Morgan fingerprint density at radius 2 is 1.93 bits per heavy atom. The summed E-state index contributed by atoms with van der Waals surface area (Å²) in [4.78, 5) is 2.64. The first kappa shape index (κ1) is 10.4. The maximum Gasteiger partial charge on any atom is 0.00501 e. The quantitative estimate of drug-likeness (QED) is 0.746. The fourth-order valence-corrected chi connectivity index (χ4v) is 2.80. The molecule has 0 spiro atoms. The molecule has 2 N–H and O–H groups in total. The van der Waals surface area contributed by atoms with Crippen LogP contribution in [-0.4, -0.2) is 31.1 Å². The van der Waals surface area contributed by atoms with E-state index < -0.39 is 0 Å². The highest BCUT2D eigenvalue weighted by atomic mass is 15.1. The standard InChI is InChI=1S/C12H24N2/c1-11-3-7-14(8-4-11)10-12(9-13)5-2-6-12/h11H,2-10,13H2,1H3. The molecule has 0 unspecified atom stereocenters. The van der Waals surface area contributed by atoms with Gasteiger partial charge in [0.2, 0.25) is 0 Å². The van der Waals surface area contributed by atoms with Crippen molar-refractivity contribution >= 4 is 0 Å². The van der Waals surface area contributed by atoms with Crippen molar-refractivity contribution in [3.8, 4) is 0 Å². The Morgan fingerprint density at radius 3 is 2.36 bits per heavy atom. The molecule has 0 amide bonds. The van der Waals surface area contributed by atoms with Gasteiger partial charge in [-0.1, -0.05) is 13.3 Å². The predicted molar refractivity (Wildman–Crippen MR) is 60.2 cm³/mol. The van der Waals surface area contributed by atoms with Crippen molar-refractivity contribution in [3.63, 3.8) is 0 Å². The summed E-state index contributed by atoms with van der Waals surface area (Å²) in [6.45, 7) is 7.17. The lowest BCUT2D eigenvalue weighted by molar-refractivity contribution is 0.0571. The summed E-state index contributed by atoms with van der Waals surface area (Å²) in [5.74, 6) is 0.946. The summed E-state index contributed by atoms with van der Waals surface area (Å²) in [5.41, 5.74) is 6.40. The van der Waals surface area contributed by atoms with Gasteiger partial charge in [-0.05, 0) is 56.7 Å². The molecule has 82 valence electrons. The molecule has 2 fully saturated rings. The van der Waals surface area contributed by atoms with Crippen LogP contribution in [0.5, 0.6) is 0 Å². The molecule has 1 aliphatic heterocycles. The first-order valence-electron chi connectivity index (χ1n) is 6.16. The average Bonchev–Trinajstić information content (AvgIpc) is 2.15. The molecule has 0 bridgehead atoms. The van der Waals surface area contributed by atoms with Gasteiger partial charge >= 0.3 is 0 Å². The molecule has 1 saturated heterocycles. The van der Waals surface area contributed by atoms with Gasteiger partial charge in [-0.2, -0.15) is 0 Å². The zero-order valence-electron chi connectivity index (χ0n) is 9.47. The van der Waals surface area contributed by atoms with Crippen LogP contribution in [0.4, 0.5) is 0 Å². The van der Waals surface area contributed by atoms with Gasteiger partial charge in [0.15, 0.2) is 0 Å². The molecule has 2 rings (SSSR count). The van der Waals surface area contributed by atoms with E-state index in [1.54, 1.807) is 0 Å². The number of hydrogen-bond acceptors (Lipinski definition) is 2. The second-order valence-corrected chi connectivity index (χ2v) is 5.52. The summed E-state index contributed by atoms with van der Waals surface area (Å²) >= 11 is 0. The lowest BCUT2D eigenvalue weighted by Gasteiger charge is -2.45. The first-order chi connectivity index (χ1) is 6.74. The van der Waals surface area contributed by atoms with Crippen LogP contribution < -0.4 is 5.73 Å². The van der Waals surface area contributed by atoms with Crippen molar-refractivity contribution < 1.29 is 0 Å². The molecule has 1 aliphatic carbocycles. The molecule has 0 radical (unpaired) electrons. The van der Waals surface area contributed by atoms with Crippen molar-refractivity contribution in [2.24, 2.45) is 17.1 Å². The second-order valence-electron chi connectivity index (χ2n) is 5.52. The minimum Gasteiger partial charge on any atom is -0.330 e. The number of rotatable bonds is 3. The van der Waals surface area contributed by atoms with Crippen molar-refractivity contribution in [2.75, 3.05) is 26.2 Å². The fraction of sp³-hybridized carbons (Fsp3) is 1.00. The Morgan fingerprint density at radius 1 is 1.29 bits per heavy atom. The number of hydrogen-bond donors (Lipinski definition) is 1. The fourth-order valence-electron chi connectivity index (χ4n) is 2.80. The first-order valence-corrected chi connectivity index (χ1v) is 6.16. The third kappa shape index (κ3) is 2.12. The van der Waals surface area contributed by atoms with E-state index in [2.05, 4.69) is 11.8 Å². The lowest BCUT2D eigenvalue weighted by Crippen LogP contribution is -2.48. The SMILES string of the molecule is CC1CCN(CC2(CN)CCC2)CC1. The zero-order valence-corrected chi connectivity index (χ0v) is 9.47. The Bertz CT molecular complexity index is 173. The minimum absolute atomic E-state index is 0.514. The molecular weight excluding hydrogens is 172 g/mol. The van der Waals surface area contributed by atoms with Crippen LogP contribution in [0.3, 0.4) is 0 Å². The number of nitrogens with zero attached hydrogens (tertiary/aromatic N) is 1. The molecule has 2 nitrogen and oxygen atoms in total. The van der Waals surface area contributed by atoms with Gasteiger partial charge in [-0.3, -0.25) is 0 Å². The predicted octanol–water partition coefficient (Wildman–Crippen LogP) is 1.85. The molecular formula is C12H24N2. The van der Waals surface area contributed by atoms with E-state index in [0.717, 1.165) is 12.5 Å². The summed E-state index contributed by atoms with van der Waals surface area (Å²) in [7, 11) is 0. The van der Waals surface area contributed by atoms with Gasteiger partial charge < -0.3 is 10.6 Å². The Hall–Kier alpha value is -0.0800. The van der Waals surface area contributed by atoms with Gasteiger partial charge in [0.05, 0.1) is 0 Å². The summed E-state index contributed by atoms with van der Waals surface area (Å²) in [6, 6.07) is 0. The van der Waals surface area contributed by atoms with Gasteiger partial charge in [0.1, 0.15) is 0 Å². The highest BCUT2D eigenvalue weighted by molar-refractivity contribution is 4.91. The van der Waals surface area contributed by atoms with Crippen molar-refractivity contribution in [3.05, 3.63) is 0 Å². The zero-order chi connectivity index (χ0) is 10.0. The van der Waals surface area contributed by atoms with E-state index in [-0.39, 0.29) is 0 Å². The second kappa shape index (κ2) is 4.19. The highest BCUT2D eigenvalue weighted by Crippen LogP contribution is 2.41. The van der Waals surface area contributed by atoms with E-state index >= 15 is 0 Å². The van der Waals surface area contributed by atoms with Crippen molar-refractivity contribution in [1.29, 1.82) is 0 Å². The molecule has 0 atom stereocenters. The van der Waals surface area contributed by atoms with E-state index in [4.69, 9.17) is 5.73 Å². The van der Waals surface area contributed by atoms with Crippen LogP contribution >= 0.6 is 0 Å². The maximum atomic E-state index is 5.89. The Kier molecular flexibility index (Phi) is 3.13. The van der Waals surface area contributed by atoms with Gasteiger partial charge in [-0.15, -0.1) is 0 Å². The molecule has 0 aromatic heterocycles. The Labute approximate surface area is 87.8 Å². The number of nitrogens with two attached hydrogens (primary N) is 1. The maximum absolute atomic E-state index is 5.89. The number of likely N-dealkylation sites (tertiary alicyclic amines) is 1. The normalized spacial score (nSPS) is 28.7. The smallest absolute Gasteiger partial charge is 0.00501 e. The van der Waals surface area contributed by atoms with E-state index in [1.807, 2.05) is 0 Å². The number of piperidine rings is 1. The summed E-state index contributed by atoms with van der Waals surface area (Å²) in [6.07, 6.45) is 6.92. The third-order valence-corrected chi connectivity index (χ3v) is 4.28. The largest absolute Gasteiger partial charge is 0.330 e. The van der Waals surface area contributed by atoms with Crippen LogP contribution in [0.1, 0.15) is 39.0 Å². The molecule has 14 heavy (non-hydrogen) atoms. The monoisotopic (exact) mass is 196 g/mol. The van der Waals surface area contributed by atoms with E-state index in [9.17, 15) is 0 Å². The molecule has 0 aromatic rings. The van der Waals surface area contributed by atoms with E-state index in [1.165, 1.54) is 51.7 Å². The van der Waals surface area contributed by atoms with Gasteiger partial charge in [0.25, 0.3) is 0 Å². The molecule has 0 aromatic carbocycles. The molecule has 1 heterocycles. The average molecular weight is 196 g/mol. The van der Waals surface area contributed by atoms with Crippen molar-refractivity contribution in [1.82, 2.24) is 4.90 Å². The minimum atomic E-state index is 0.514. The van der Waals surface area contributed by atoms with Gasteiger partial charge in [0, 0.05) is 6.54 Å². The van der Waals surface area contributed by atoms with E-state index in [0.29, 0.717) is 5.41 Å².